The van der Waals surface area contributed by atoms with Gasteiger partial charge < -0.3 is 0 Å². The Kier molecular flexibility index (Phi) is 1.83. The first-order chi connectivity index (χ1) is 5.75. The van der Waals surface area contributed by atoms with Gasteiger partial charge in [-0.1, -0.05) is 23.2 Å². The first-order valence-electron chi connectivity index (χ1n) is 3.20. The molecular weight excluding hydrogens is 197 g/mol. The number of halogens is 2. The Morgan fingerprint density at radius 2 is 1.75 bits per heavy atom. The first kappa shape index (κ1) is 7.71. The van der Waals surface area contributed by atoms with E-state index in [0.29, 0.717) is 21.5 Å². The smallest absolute Gasteiger partial charge is 0.181 e. The minimum absolute atomic E-state index is 0.317. The van der Waals surface area contributed by atoms with Gasteiger partial charge in [0.05, 0.1) is 6.20 Å². The van der Waals surface area contributed by atoms with Crippen molar-refractivity contribution < 1.29 is 0 Å². The fourth-order valence-corrected chi connectivity index (χ4v) is 1.13. The number of rotatable bonds is 0. The minimum atomic E-state index is 0.317. The van der Waals surface area contributed by atoms with Crippen molar-refractivity contribution in [2.45, 2.75) is 0 Å². The monoisotopic (exact) mass is 199 g/mol. The van der Waals surface area contributed by atoms with Gasteiger partial charge in [-0.2, -0.15) is 0 Å². The van der Waals surface area contributed by atoms with Crippen molar-refractivity contribution in [3.63, 3.8) is 0 Å². The summed E-state index contributed by atoms with van der Waals surface area (Å²) >= 11 is 11.3. The molecule has 0 amide bonds. The number of hydrogen-bond acceptors (Lipinski definition) is 3. The van der Waals surface area contributed by atoms with Crippen LogP contribution in [0.4, 0.5) is 0 Å². The molecule has 2 heterocycles. The average molecular weight is 200 g/mol. The SMILES string of the molecule is Clc1ccc2ncc(Cl)nc2n1. The average Bonchev–Trinajstić information content (AvgIpc) is 2.03. The third-order valence-electron chi connectivity index (χ3n) is 1.34. The Labute approximate surface area is 78.4 Å². The Balaban J connectivity index is 2.80. The molecule has 0 saturated carbocycles. The minimum Gasteiger partial charge on any atom is -0.250 e. The van der Waals surface area contributed by atoms with E-state index in [4.69, 9.17) is 23.2 Å². The van der Waals surface area contributed by atoms with E-state index in [1.54, 1.807) is 12.1 Å². The number of aromatic nitrogens is 3. The molecule has 0 N–H and O–H groups in total. The summed E-state index contributed by atoms with van der Waals surface area (Å²) in [4.78, 5) is 11.9. The molecule has 0 saturated heterocycles. The van der Waals surface area contributed by atoms with E-state index in [-0.39, 0.29) is 0 Å². The summed E-state index contributed by atoms with van der Waals surface area (Å²) in [6, 6.07) is 3.40. The van der Waals surface area contributed by atoms with E-state index in [9.17, 15) is 0 Å². The molecule has 12 heavy (non-hydrogen) atoms. The molecule has 0 fully saturated rings. The van der Waals surface area contributed by atoms with Crippen LogP contribution in [0.25, 0.3) is 11.2 Å². The molecular formula is C7H3Cl2N3. The second-order valence-electron chi connectivity index (χ2n) is 2.17. The summed E-state index contributed by atoms with van der Waals surface area (Å²) < 4.78 is 0. The van der Waals surface area contributed by atoms with E-state index >= 15 is 0 Å². The van der Waals surface area contributed by atoms with Gasteiger partial charge in [0.1, 0.15) is 15.8 Å². The van der Waals surface area contributed by atoms with Gasteiger partial charge in [0, 0.05) is 0 Å². The fraction of sp³-hybridized carbons (Fsp3) is 0. The van der Waals surface area contributed by atoms with Crippen LogP contribution in [0.1, 0.15) is 0 Å². The van der Waals surface area contributed by atoms with E-state index in [2.05, 4.69) is 15.0 Å². The van der Waals surface area contributed by atoms with Crippen molar-refractivity contribution in [3.05, 3.63) is 28.6 Å². The lowest BCUT2D eigenvalue weighted by Crippen LogP contribution is -1.87. The van der Waals surface area contributed by atoms with Crippen LogP contribution >= 0.6 is 23.2 Å². The zero-order chi connectivity index (χ0) is 8.55. The van der Waals surface area contributed by atoms with Gasteiger partial charge in [0.25, 0.3) is 0 Å². The largest absolute Gasteiger partial charge is 0.250 e. The van der Waals surface area contributed by atoms with Crippen LogP contribution in [0.15, 0.2) is 18.3 Å². The van der Waals surface area contributed by atoms with E-state index < -0.39 is 0 Å². The van der Waals surface area contributed by atoms with Crippen molar-refractivity contribution >= 4 is 34.4 Å². The number of nitrogens with zero attached hydrogens (tertiary/aromatic N) is 3. The molecule has 2 rings (SSSR count). The quantitative estimate of drug-likeness (QED) is 0.612. The van der Waals surface area contributed by atoms with E-state index in [1.807, 2.05) is 0 Å². The molecule has 2 aromatic rings. The van der Waals surface area contributed by atoms with Crippen LogP contribution in [0.3, 0.4) is 0 Å². The van der Waals surface area contributed by atoms with Gasteiger partial charge in [-0.25, -0.2) is 15.0 Å². The second-order valence-corrected chi connectivity index (χ2v) is 2.94. The van der Waals surface area contributed by atoms with Crippen LogP contribution in [0.2, 0.25) is 10.3 Å². The lowest BCUT2D eigenvalue weighted by Gasteiger charge is -1.95. The van der Waals surface area contributed by atoms with Gasteiger partial charge in [0.2, 0.25) is 0 Å². The Morgan fingerprint density at radius 1 is 1.00 bits per heavy atom. The van der Waals surface area contributed by atoms with Crippen molar-refractivity contribution in [1.82, 2.24) is 15.0 Å². The third kappa shape index (κ3) is 1.33. The Hall–Kier alpha value is -0.930. The van der Waals surface area contributed by atoms with Gasteiger partial charge >= 0.3 is 0 Å². The highest BCUT2D eigenvalue weighted by Gasteiger charge is 1.99. The summed E-state index contributed by atoms with van der Waals surface area (Å²) in [6.07, 6.45) is 1.47. The number of fused-ring (bicyclic) bond motifs is 1. The normalized spacial score (nSPS) is 10.5. The van der Waals surface area contributed by atoms with Crippen LogP contribution in [-0.2, 0) is 0 Å². The standard InChI is InChI=1S/C7H3Cl2N3/c8-5-2-1-4-7(11-5)12-6(9)3-10-4/h1-3H. The zero-order valence-corrected chi connectivity index (χ0v) is 7.34. The van der Waals surface area contributed by atoms with Gasteiger partial charge in [-0.05, 0) is 12.1 Å². The van der Waals surface area contributed by atoms with E-state index in [0.717, 1.165) is 0 Å². The van der Waals surface area contributed by atoms with E-state index in [1.165, 1.54) is 6.20 Å². The predicted octanol–water partition coefficient (Wildman–Crippen LogP) is 2.33. The maximum Gasteiger partial charge on any atom is 0.181 e. The van der Waals surface area contributed by atoms with Gasteiger partial charge in [-0.15, -0.1) is 0 Å². The highest BCUT2D eigenvalue weighted by atomic mass is 35.5. The summed E-state index contributed by atoms with van der Waals surface area (Å²) in [5.74, 6) is 0. The molecule has 0 atom stereocenters. The lowest BCUT2D eigenvalue weighted by molar-refractivity contribution is 1.22. The number of pyridine rings is 1. The second kappa shape index (κ2) is 2.84. The molecule has 0 bridgehead atoms. The highest BCUT2D eigenvalue weighted by Crippen LogP contribution is 2.13. The molecule has 3 nitrogen and oxygen atoms in total. The lowest BCUT2D eigenvalue weighted by atomic mass is 10.4. The molecule has 0 aliphatic heterocycles. The molecule has 0 aliphatic carbocycles. The highest BCUT2D eigenvalue weighted by molar-refractivity contribution is 6.30. The predicted molar refractivity (Wildman–Crippen MR) is 47.4 cm³/mol. The Bertz CT molecular complexity index is 393. The Morgan fingerprint density at radius 3 is 2.58 bits per heavy atom. The molecule has 0 aliphatic rings. The van der Waals surface area contributed by atoms with Crippen LogP contribution in [-0.4, -0.2) is 15.0 Å². The van der Waals surface area contributed by atoms with Crippen LogP contribution in [0.5, 0.6) is 0 Å². The maximum atomic E-state index is 5.65. The topological polar surface area (TPSA) is 38.7 Å². The molecule has 2 aromatic heterocycles. The molecule has 5 heteroatoms. The van der Waals surface area contributed by atoms with Crippen molar-refractivity contribution in [3.8, 4) is 0 Å². The summed E-state index contributed by atoms with van der Waals surface area (Å²) in [5.41, 5.74) is 1.15. The first-order valence-corrected chi connectivity index (χ1v) is 3.96. The third-order valence-corrected chi connectivity index (χ3v) is 1.74. The molecule has 0 radical (unpaired) electrons. The van der Waals surface area contributed by atoms with Crippen LogP contribution in [0, 0.1) is 0 Å². The maximum absolute atomic E-state index is 5.65. The van der Waals surface area contributed by atoms with Crippen molar-refractivity contribution in [1.29, 1.82) is 0 Å². The van der Waals surface area contributed by atoms with Crippen LogP contribution < -0.4 is 0 Å². The van der Waals surface area contributed by atoms with Gasteiger partial charge in [-0.3, -0.25) is 0 Å². The van der Waals surface area contributed by atoms with Crippen molar-refractivity contribution in [2.24, 2.45) is 0 Å². The zero-order valence-electron chi connectivity index (χ0n) is 5.83. The molecule has 0 spiro atoms. The molecule has 60 valence electrons. The van der Waals surface area contributed by atoms with Crippen molar-refractivity contribution in [2.75, 3.05) is 0 Å². The summed E-state index contributed by atoms with van der Waals surface area (Å²) in [5, 5.41) is 0.705. The fourth-order valence-electron chi connectivity index (χ4n) is 0.854. The summed E-state index contributed by atoms with van der Waals surface area (Å²) in [7, 11) is 0. The molecule has 0 aromatic carbocycles. The van der Waals surface area contributed by atoms with Gasteiger partial charge in [0.15, 0.2) is 5.65 Å². The number of hydrogen-bond donors (Lipinski definition) is 0. The summed E-state index contributed by atoms with van der Waals surface area (Å²) in [6.45, 7) is 0. The molecule has 0 unspecified atom stereocenters.